The first-order valence-corrected chi connectivity index (χ1v) is 6.09. The van der Waals surface area contributed by atoms with Gasteiger partial charge in [0.1, 0.15) is 0 Å². The number of halogens is 3. The van der Waals surface area contributed by atoms with Gasteiger partial charge in [-0.05, 0) is 31.7 Å². The Labute approximate surface area is 92.6 Å². The van der Waals surface area contributed by atoms with Crippen LogP contribution in [0.2, 0.25) is 0 Å². The van der Waals surface area contributed by atoms with Crippen LogP contribution in [0.3, 0.4) is 0 Å². The van der Waals surface area contributed by atoms with E-state index in [1.165, 1.54) is 12.8 Å². The maximum absolute atomic E-state index is 11.7. The van der Waals surface area contributed by atoms with Crippen LogP contribution in [-0.4, -0.2) is 48.9 Å². The van der Waals surface area contributed by atoms with Crippen molar-refractivity contribution in [2.45, 2.75) is 24.4 Å². The summed E-state index contributed by atoms with van der Waals surface area (Å²) in [5.41, 5.74) is -4.09. The van der Waals surface area contributed by atoms with Gasteiger partial charge in [0.25, 0.3) is 0 Å². The fourth-order valence-corrected chi connectivity index (χ4v) is 1.80. The maximum Gasteiger partial charge on any atom is 0.441 e. The van der Waals surface area contributed by atoms with Crippen molar-refractivity contribution in [2.75, 3.05) is 32.4 Å². The minimum Gasteiger partial charge on any atom is -0.315 e. The third kappa shape index (κ3) is 7.03. The second-order valence-electron chi connectivity index (χ2n) is 3.76. The lowest BCUT2D eigenvalue weighted by Crippen LogP contribution is -2.31. The van der Waals surface area contributed by atoms with Gasteiger partial charge in [-0.3, -0.25) is 0 Å². The van der Waals surface area contributed by atoms with Gasteiger partial charge < -0.3 is 10.2 Å². The molecule has 0 aromatic rings. The molecule has 0 saturated heterocycles. The molecule has 0 heterocycles. The highest BCUT2D eigenvalue weighted by Gasteiger charge is 2.27. The van der Waals surface area contributed by atoms with Crippen LogP contribution in [0.15, 0.2) is 0 Å². The summed E-state index contributed by atoms with van der Waals surface area (Å²) < 4.78 is 35.2. The van der Waals surface area contributed by atoms with E-state index < -0.39 is 5.51 Å². The van der Waals surface area contributed by atoms with Crippen LogP contribution in [0, 0.1) is 0 Å². The molecule has 1 saturated carbocycles. The number of rotatable bonds is 7. The summed E-state index contributed by atoms with van der Waals surface area (Å²) >= 11 is 0.0349. The predicted octanol–water partition coefficient (Wildman–Crippen LogP) is 1.92. The van der Waals surface area contributed by atoms with Crippen molar-refractivity contribution in [3.05, 3.63) is 0 Å². The Balaban J connectivity index is 1.84. The summed E-state index contributed by atoms with van der Waals surface area (Å²) in [6.45, 7) is 2.11. The Kier molecular flexibility index (Phi) is 5.22. The highest BCUT2D eigenvalue weighted by molar-refractivity contribution is 8.00. The van der Waals surface area contributed by atoms with Crippen molar-refractivity contribution in [2.24, 2.45) is 0 Å². The molecule has 0 aromatic heterocycles. The third-order valence-electron chi connectivity index (χ3n) is 2.36. The Morgan fingerprint density at radius 1 is 1.33 bits per heavy atom. The number of nitrogens with zero attached hydrogens (tertiary/aromatic N) is 1. The van der Waals surface area contributed by atoms with E-state index in [0.29, 0.717) is 6.54 Å². The Morgan fingerprint density at radius 2 is 2.00 bits per heavy atom. The van der Waals surface area contributed by atoms with E-state index in [1.54, 1.807) is 0 Å². The molecule has 1 fully saturated rings. The van der Waals surface area contributed by atoms with Gasteiger partial charge in [0.2, 0.25) is 0 Å². The molecule has 0 aliphatic heterocycles. The first-order valence-electron chi connectivity index (χ1n) is 5.10. The van der Waals surface area contributed by atoms with Crippen molar-refractivity contribution in [3.63, 3.8) is 0 Å². The van der Waals surface area contributed by atoms with Crippen LogP contribution in [0.25, 0.3) is 0 Å². The highest BCUT2D eigenvalue weighted by Crippen LogP contribution is 2.29. The zero-order valence-corrected chi connectivity index (χ0v) is 9.63. The van der Waals surface area contributed by atoms with E-state index in [9.17, 15) is 13.2 Å². The lowest BCUT2D eigenvalue weighted by molar-refractivity contribution is -0.0327. The number of likely N-dealkylation sites (N-methyl/N-ethyl adjacent to an activating group) is 1. The summed E-state index contributed by atoms with van der Waals surface area (Å²) in [6.07, 6.45) is 2.53. The first kappa shape index (κ1) is 13.1. The molecule has 0 radical (unpaired) electrons. The van der Waals surface area contributed by atoms with Crippen LogP contribution >= 0.6 is 11.8 Å². The summed E-state index contributed by atoms with van der Waals surface area (Å²) in [6, 6.07) is 0.719. The van der Waals surface area contributed by atoms with Gasteiger partial charge in [-0.15, -0.1) is 0 Å². The molecular formula is C9H17F3N2S. The van der Waals surface area contributed by atoms with E-state index in [-0.39, 0.29) is 17.5 Å². The maximum atomic E-state index is 11.7. The van der Waals surface area contributed by atoms with E-state index in [4.69, 9.17) is 0 Å². The van der Waals surface area contributed by atoms with Gasteiger partial charge in [-0.25, -0.2) is 0 Å². The van der Waals surface area contributed by atoms with Gasteiger partial charge in [0.05, 0.1) is 0 Å². The molecule has 1 N–H and O–H groups in total. The van der Waals surface area contributed by atoms with E-state index >= 15 is 0 Å². The molecule has 90 valence electrons. The molecule has 15 heavy (non-hydrogen) atoms. The van der Waals surface area contributed by atoms with Crippen molar-refractivity contribution in [3.8, 4) is 0 Å². The third-order valence-corrected chi connectivity index (χ3v) is 3.09. The van der Waals surface area contributed by atoms with E-state index in [1.807, 2.05) is 0 Å². The quantitative estimate of drug-likeness (QED) is 0.687. The monoisotopic (exact) mass is 242 g/mol. The van der Waals surface area contributed by atoms with Gasteiger partial charge in [0, 0.05) is 31.4 Å². The molecular weight excluding hydrogens is 225 g/mol. The van der Waals surface area contributed by atoms with Crippen LogP contribution in [0.1, 0.15) is 12.8 Å². The first-order chi connectivity index (χ1) is 6.99. The Bertz CT molecular complexity index is 183. The number of hydrogen-bond donors (Lipinski definition) is 1. The molecule has 1 aliphatic carbocycles. The molecule has 0 spiro atoms. The minimum atomic E-state index is -4.09. The standard InChI is InChI=1S/C9H17F3N2S/c1-14(8-2-3-8)6-4-13-5-7-15-9(10,11)12/h8,13H,2-7H2,1H3. The molecule has 0 bridgehead atoms. The number of thioether (sulfide) groups is 1. The summed E-state index contributed by atoms with van der Waals surface area (Å²) in [7, 11) is 2.06. The van der Waals surface area contributed by atoms with E-state index in [0.717, 1.165) is 19.1 Å². The summed E-state index contributed by atoms with van der Waals surface area (Å²) in [4.78, 5) is 2.25. The number of nitrogens with one attached hydrogen (secondary N) is 1. The topological polar surface area (TPSA) is 15.3 Å². The Morgan fingerprint density at radius 3 is 2.53 bits per heavy atom. The lowest BCUT2D eigenvalue weighted by atomic mass is 10.5. The fraction of sp³-hybridized carbons (Fsp3) is 1.00. The molecule has 1 aliphatic rings. The lowest BCUT2D eigenvalue weighted by Gasteiger charge is -2.15. The molecule has 0 amide bonds. The molecule has 0 aromatic carbocycles. The average Bonchev–Trinajstić information content (AvgIpc) is 2.91. The highest BCUT2D eigenvalue weighted by atomic mass is 32.2. The van der Waals surface area contributed by atoms with Gasteiger partial charge in [-0.1, -0.05) is 0 Å². The fourth-order valence-electron chi connectivity index (χ4n) is 1.32. The normalized spacial score (nSPS) is 17.4. The van der Waals surface area contributed by atoms with Crippen LogP contribution in [0.4, 0.5) is 13.2 Å². The summed E-state index contributed by atoms with van der Waals surface area (Å²) in [5, 5.41) is 3.01. The molecule has 6 heteroatoms. The van der Waals surface area contributed by atoms with Crippen molar-refractivity contribution in [1.82, 2.24) is 10.2 Å². The number of alkyl halides is 3. The second kappa shape index (κ2) is 5.96. The van der Waals surface area contributed by atoms with E-state index in [2.05, 4.69) is 17.3 Å². The van der Waals surface area contributed by atoms with Crippen LogP contribution in [0.5, 0.6) is 0 Å². The van der Waals surface area contributed by atoms with Gasteiger partial charge >= 0.3 is 5.51 Å². The molecule has 0 unspecified atom stereocenters. The summed E-state index contributed by atoms with van der Waals surface area (Å²) in [5.74, 6) is 0.0939. The van der Waals surface area contributed by atoms with Crippen LogP contribution in [-0.2, 0) is 0 Å². The zero-order valence-electron chi connectivity index (χ0n) is 8.81. The molecule has 2 nitrogen and oxygen atoms in total. The largest absolute Gasteiger partial charge is 0.441 e. The molecule has 1 rings (SSSR count). The van der Waals surface area contributed by atoms with Crippen molar-refractivity contribution < 1.29 is 13.2 Å². The predicted molar refractivity (Wildman–Crippen MR) is 57.0 cm³/mol. The van der Waals surface area contributed by atoms with Crippen molar-refractivity contribution >= 4 is 11.8 Å². The minimum absolute atomic E-state index is 0.0349. The number of hydrogen-bond acceptors (Lipinski definition) is 3. The average molecular weight is 242 g/mol. The van der Waals surface area contributed by atoms with Gasteiger partial charge in [0.15, 0.2) is 0 Å². The SMILES string of the molecule is CN(CCNCCSC(F)(F)F)C1CC1. The second-order valence-corrected chi connectivity index (χ2v) is 4.92. The zero-order chi connectivity index (χ0) is 11.3. The van der Waals surface area contributed by atoms with Crippen molar-refractivity contribution in [1.29, 1.82) is 0 Å². The molecule has 0 atom stereocenters. The van der Waals surface area contributed by atoms with Crippen LogP contribution < -0.4 is 5.32 Å². The smallest absolute Gasteiger partial charge is 0.315 e. The van der Waals surface area contributed by atoms with Gasteiger partial charge in [-0.2, -0.15) is 13.2 Å². The Hall–Kier alpha value is 0.0600.